The average Bonchev–Trinajstić information content (AvgIpc) is 3.38. The lowest BCUT2D eigenvalue weighted by atomic mass is 9.32. The average molecular weight is 622 g/mol. The van der Waals surface area contributed by atoms with E-state index in [0.29, 0.717) is 40.1 Å². The first kappa shape index (κ1) is 34.5. The lowest BCUT2D eigenvalue weighted by molar-refractivity contribution is -0.685. The number of anilines is 1. The molecular weight excluding hydrogens is 556 g/mol. The van der Waals surface area contributed by atoms with Crippen LogP contribution in [-0.4, -0.2) is 38.9 Å². The number of esters is 1. The summed E-state index contributed by atoms with van der Waals surface area (Å²) in [5.41, 5.74) is 4.60. The summed E-state index contributed by atoms with van der Waals surface area (Å²) in [7, 11) is 5.33. The van der Waals surface area contributed by atoms with E-state index < -0.39 is 0 Å². The van der Waals surface area contributed by atoms with Crippen molar-refractivity contribution >= 4 is 11.7 Å². The SMILES string of the molecule is C=C(C)[C@@H]1CC[C@]2(CO)CC[C@]3(C)C(CCC4[C@@]5(C)CCCC(C)(C)C5CC[C@]43C)C12.COC(=O)C[n+]1ccc(N(C)C)cc1. The third-order valence-electron chi connectivity index (χ3n) is 15.2. The van der Waals surface area contributed by atoms with Crippen LogP contribution in [0.4, 0.5) is 5.69 Å². The molecule has 5 aliphatic rings. The van der Waals surface area contributed by atoms with Gasteiger partial charge in [-0.15, -0.1) is 0 Å². The van der Waals surface area contributed by atoms with Crippen LogP contribution in [-0.2, 0) is 16.1 Å². The van der Waals surface area contributed by atoms with Gasteiger partial charge >= 0.3 is 5.97 Å². The fourth-order valence-corrected chi connectivity index (χ4v) is 12.7. The van der Waals surface area contributed by atoms with Crippen molar-refractivity contribution in [1.82, 2.24) is 0 Å². The molecular formula is C40H65N2O3+. The van der Waals surface area contributed by atoms with Gasteiger partial charge in [0, 0.05) is 38.5 Å². The summed E-state index contributed by atoms with van der Waals surface area (Å²) in [5.74, 6) is 3.62. The summed E-state index contributed by atoms with van der Waals surface area (Å²) in [5, 5.41) is 10.6. The first-order chi connectivity index (χ1) is 21.1. The Morgan fingerprint density at radius 3 is 2.22 bits per heavy atom. The Balaban J connectivity index is 0.000000241. The zero-order chi connectivity index (χ0) is 33.0. The molecule has 5 nitrogen and oxygen atoms in total. The molecule has 4 unspecified atom stereocenters. The van der Waals surface area contributed by atoms with Gasteiger partial charge in [-0.2, -0.15) is 4.57 Å². The van der Waals surface area contributed by atoms with Crippen molar-refractivity contribution in [2.45, 2.75) is 119 Å². The van der Waals surface area contributed by atoms with E-state index in [1.165, 1.54) is 83.3 Å². The number of fused-ring (bicyclic) bond motifs is 7. The maximum absolute atomic E-state index is 10.9. The quantitative estimate of drug-likeness (QED) is 0.204. The van der Waals surface area contributed by atoms with Crippen molar-refractivity contribution in [2.75, 3.05) is 32.7 Å². The molecule has 1 aromatic rings. The van der Waals surface area contributed by atoms with Crippen LogP contribution < -0.4 is 9.47 Å². The Kier molecular flexibility index (Phi) is 9.41. The van der Waals surface area contributed by atoms with Gasteiger partial charge in [0.05, 0.1) is 7.11 Å². The molecule has 5 aliphatic carbocycles. The number of nitrogens with zero attached hydrogens (tertiary/aromatic N) is 2. The Labute approximate surface area is 275 Å². The van der Waals surface area contributed by atoms with Gasteiger partial charge in [-0.1, -0.05) is 53.2 Å². The largest absolute Gasteiger partial charge is 0.464 e. The Bertz CT molecular complexity index is 1240. The predicted octanol–water partition coefficient (Wildman–Crippen LogP) is 8.24. The van der Waals surface area contributed by atoms with E-state index in [-0.39, 0.29) is 17.9 Å². The summed E-state index contributed by atoms with van der Waals surface area (Å²) in [4.78, 5) is 12.9. The van der Waals surface area contributed by atoms with Gasteiger partial charge in [0.2, 0.25) is 6.54 Å². The van der Waals surface area contributed by atoms with E-state index in [9.17, 15) is 9.90 Å². The molecule has 0 aliphatic heterocycles. The van der Waals surface area contributed by atoms with E-state index in [2.05, 4.69) is 52.9 Å². The van der Waals surface area contributed by atoms with Crippen LogP contribution in [0.1, 0.15) is 112 Å². The summed E-state index contributed by atoms with van der Waals surface area (Å²) >= 11 is 0. The third-order valence-corrected chi connectivity index (χ3v) is 15.2. The minimum Gasteiger partial charge on any atom is -0.464 e. The number of pyridine rings is 1. The molecule has 0 radical (unpaired) electrons. The van der Waals surface area contributed by atoms with Crippen molar-refractivity contribution < 1.29 is 19.2 Å². The molecule has 252 valence electrons. The number of hydrogen-bond donors (Lipinski definition) is 1. The highest BCUT2D eigenvalue weighted by Crippen LogP contribution is 2.77. The predicted molar refractivity (Wildman–Crippen MR) is 184 cm³/mol. The minimum absolute atomic E-state index is 0.185. The molecule has 45 heavy (non-hydrogen) atoms. The number of carbonyl (C=O) groups excluding carboxylic acids is 1. The Hall–Kier alpha value is -1.88. The number of allylic oxidation sites excluding steroid dienone is 1. The topological polar surface area (TPSA) is 53.7 Å². The lowest BCUT2D eigenvalue weighted by Gasteiger charge is -2.72. The van der Waals surface area contributed by atoms with Crippen LogP contribution in [0.3, 0.4) is 0 Å². The van der Waals surface area contributed by atoms with Crippen LogP contribution in [0.25, 0.3) is 0 Å². The van der Waals surface area contributed by atoms with Crippen molar-refractivity contribution in [3.8, 4) is 0 Å². The van der Waals surface area contributed by atoms with Gasteiger partial charge in [0.1, 0.15) is 0 Å². The van der Waals surface area contributed by atoms with E-state index in [1.54, 1.807) is 4.57 Å². The zero-order valence-electron chi connectivity index (χ0n) is 30.3. The molecule has 1 aromatic heterocycles. The molecule has 5 fully saturated rings. The van der Waals surface area contributed by atoms with E-state index in [0.717, 1.165) is 23.4 Å². The molecule has 1 heterocycles. The highest BCUT2D eigenvalue weighted by molar-refractivity contribution is 5.67. The maximum Gasteiger partial charge on any atom is 0.372 e. The Morgan fingerprint density at radius 1 is 0.933 bits per heavy atom. The number of hydrogen-bond acceptors (Lipinski definition) is 4. The smallest absolute Gasteiger partial charge is 0.372 e. The summed E-state index contributed by atoms with van der Waals surface area (Å²) in [6, 6.07) is 3.89. The molecule has 5 saturated carbocycles. The first-order valence-electron chi connectivity index (χ1n) is 18.1. The highest BCUT2D eigenvalue weighted by atomic mass is 16.5. The van der Waals surface area contributed by atoms with Gasteiger partial charge in [0.15, 0.2) is 12.4 Å². The van der Waals surface area contributed by atoms with Crippen LogP contribution in [0.15, 0.2) is 36.7 Å². The van der Waals surface area contributed by atoms with Gasteiger partial charge in [0.25, 0.3) is 0 Å². The van der Waals surface area contributed by atoms with Gasteiger partial charge in [-0.05, 0) is 128 Å². The van der Waals surface area contributed by atoms with Gasteiger partial charge in [-0.3, -0.25) is 0 Å². The first-order valence-corrected chi connectivity index (χ1v) is 18.1. The fraction of sp³-hybridized carbons (Fsp3) is 0.800. The second-order valence-corrected chi connectivity index (χ2v) is 17.7. The number of aliphatic hydroxyl groups is 1. The molecule has 0 spiro atoms. The van der Waals surface area contributed by atoms with E-state index >= 15 is 0 Å². The molecule has 0 amide bonds. The monoisotopic (exact) mass is 621 g/mol. The van der Waals surface area contributed by atoms with E-state index in [4.69, 9.17) is 0 Å². The number of aromatic nitrogens is 1. The lowest BCUT2D eigenvalue weighted by Crippen LogP contribution is -2.65. The van der Waals surface area contributed by atoms with Crippen LogP contribution in [0.5, 0.6) is 0 Å². The number of ether oxygens (including phenoxy) is 1. The second-order valence-electron chi connectivity index (χ2n) is 17.7. The highest BCUT2D eigenvalue weighted by Gasteiger charge is 2.70. The number of rotatable bonds is 5. The van der Waals surface area contributed by atoms with Crippen molar-refractivity contribution in [2.24, 2.45) is 56.7 Å². The van der Waals surface area contributed by atoms with Crippen LogP contribution in [0, 0.1) is 56.7 Å². The standard InChI is InChI=1S/C30H50O.C10H15N2O2/c1-20(2)21-11-16-30(19-31)18-17-28(6)22(25(21)30)9-10-24-27(5)14-8-13-26(3,4)23(27)12-15-29(24,28)7;1-11(2)9-4-6-12(7-5-9)8-10(13)14-3/h21-25,31H,1,8-19H2,2-7H3;4-7H,8H2,1-3H3/q;+1/t21-,22?,23?,24?,25?,27-,28+,29+,30+;/m0./s1. The fourth-order valence-electron chi connectivity index (χ4n) is 12.7. The van der Waals surface area contributed by atoms with Crippen molar-refractivity contribution in [1.29, 1.82) is 0 Å². The third kappa shape index (κ3) is 5.59. The summed E-state index contributed by atoms with van der Waals surface area (Å²) < 4.78 is 6.34. The van der Waals surface area contributed by atoms with Gasteiger partial charge < -0.3 is 14.7 Å². The normalized spacial score (nSPS) is 41.2. The van der Waals surface area contributed by atoms with E-state index in [1.807, 2.05) is 43.5 Å². The molecule has 6 rings (SSSR count). The van der Waals surface area contributed by atoms with Crippen LogP contribution >= 0.6 is 0 Å². The second kappa shape index (κ2) is 12.3. The van der Waals surface area contributed by atoms with Crippen molar-refractivity contribution in [3.63, 3.8) is 0 Å². The zero-order valence-corrected chi connectivity index (χ0v) is 30.3. The minimum atomic E-state index is -0.243. The molecule has 0 bridgehead atoms. The number of carbonyl (C=O) groups is 1. The number of aliphatic hydroxyl groups excluding tert-OH is 1. The Morgan fingerprint density at radius 2 is 1.62 bits per heavy atom. The van der Waals surface area contributed by atoms with Crippen LogP contribution in [0.2, 0.25) is 0 Å². The summed E-state index contributed by atoms with van der Waals surface area (Å²) in [6.45, 7) is 20.7. The van der Waals surface area contributed by atoms with Crippen molar-refractivity contribution in [3.05, 3.63) is 36.7 Å². The molecule has 0 saturated heterocycles. The molecule has 9 atom stereocenters. The van der Waals surface area contributed by atoms with Gasteiger partial charge in [-0.25, -0.2) is 4.79 Å². The molecule has 0 aromatic carbocycles. The molecule has 5 heteroatoms. The summed E-state index contributed by atoms with van der Waals surface area (Å²) in [6.07, 6.45) is 18.8. The maximum atomic E-state index is 10.9. The molecule has 1 N–H and O–H groups in total. The number of methoxy groups -OCH3 is 1.